The molecule has 0 saturated heterocycles. The average Bonchev–Trinajstić information content (AvgIpc) is 2.69. The van der Waals surface area contributed by atoms with Crippen LogP contribution in [0.15, 0.2) is 71.8 Å². The van der Waals surface area contributed by atoms with Crippen LogP contribution in [0.4, 0.5) is 13.2 Å². The molecule has 0 amide bonds. The van der Waals surface area contributed by atoms with Gasteiger partial charge in [-0.1, -0.05) is 42.5 Å². The van der Waals surface area contributed by atoms with E-state index in [2.05, 4.69) is 9.97 Å². The zero-order valence-corrected chi connectivity index (χ0v) is 14.9. The van der Waals surface area contributed by atoms with Crippen LogP contribution in [0.1, 0.15) is 28.2 Å². The van der Waals surface area contributed by atoms with Gasteiger partial charge in [0.05, 0.1) is 11.5 Å². The normalized spacial score (nSPS) is 15.9. The standard InChI is InChI=1S/C17H11F3O2.C4H4N2O/c18-17(19,20)12-6-3-5-11(8-12)15-13-7-2-1-4-10(13)9-14(21)16(15)22;7-4-5-2-1-3-6-4/h1-8,15H,9H2;1-3H,(H,5,6,7). The molecule has 0 spiro atoms. The molecule has 8 heteroatoms. The summed E-state index contributed by atoms with van der Waals surface area (Å²) < 4.78 is 38.6. The van der Waals surface area contributed by atoms with Gasteiger partial charge in [0.25, 0.3) is 0 Å². The number of halogens is 3. The van der Waals surface area contributed by atoms with E-state index in [1.54, 1.807) is 30.3 Å². The quantitative estimate of drug-likeness (QED) is 0.636. The van der Waals surface area contributed by atoms with E-state index in [0.29, 0.717) is 11.1 Å². The number of H-pyrrole nitrogens is 1. The van der Waals surface area contributed by atoms with E-state index in [0.717, 1.165) is 12.1 Å². The van der Waals surface area contributed by atoms with Crippen molar-refractivity contribution in [3.05, 3.63) is 99.7 Å². The first kappa shape index (κ1) is 20.2. The molecule has 3 aromatic rings. The molecule has 0 radical (unpaired) electrons. The lowest BCUT2D eigenvalue weighted by molar-refractivity contribution is -0.138. The molecule has 1 heterocycles. The molecule has 0 fully saturated rings. The Morgan fingerprint density at radius 1 is 0.966 bits per heavy atom. The van der Waals surface area contributed by atoms with Gasteiger partial charge in [-0.3, -0.25) is 9.59 Å². The van der Waals surface area contributed by atoms with Crippen LogP contribution >= 0.6 is 0 Å². The Morgan fingerprint density at radius 2 is 1.72 bits per heavy atom. The van der Waals surface area contributed by atoms with Gasteiger partial charge in [-0.05, 0) is 28.8 Å². The minimum atomic E-state index is -4.49. The molecular formula is C21H15F3N2O3. The lowest BCUT2D eigenvalue weighted by Gasteiger charge is -2.24. The third-order valence-electron chi connectivity index (χ3n) is 4.38. The highest BCUT2D eigenvalue weighted by Crippen LogP contribution is 2.36. The van der Waals surface area contributed by atoms with Crippen LogP contribution < -0.4 is 5.69 Å². The predicted molar refractivity (Wildman–Crippen MR) is 98.3 cm³/mol. The summed E-state index contributed by atoms with van der Waals surface area (Å²) in [7, 11) is 0. The number of aromatic nitrogens is 2. The predicted octanol–water partition coefficient (Wildman–Crippen LogP) is 3.30. The summed E-state index contributed by atoms with van der Waals surface area (Å²) in [6.45, 7) is 0. The van der Waals surface area contributed by atoms with Crippen molar-refractivity contribution in [1.29, 1.82) is 0 Å². The van der Waals surface area contributed by atoms with E-state index in [1.807, 2.05) is 0 Å². The highest BCUT2D eigenvalue weighted by atomic mass is 19.4. The molecule has 1 aliphatic rings. The van der Waals surface area contributed by atoms with Crippen LogP contribution in [0.3, 0.4) is 0 Å². The van der Waals surface area contributed by atoms with Crippen LogP contribution in [0, 0.1) is 0 Å². The zero-order chi connectivity index (χ0) is 21.0. The number of carbonyl (C=O) groups is 2. The van der Waals surface area contributed by atoms with Gasteiger partial charge in [0.15, 0.2) is 0 Å². The maximum Gasteiger partial charge on any atom is 0.416 e. The van der Waals surface area contributed by atoms with Gasteiger partial charge in [-0.25, -0.2) is 9.78 Å². The number of nitrogens with one attached hydrogen (secondary N) is 1. The molecule has 2 aromatic carbocycles. The fourth-order valence-electron chi connectivity index (χ4n) is 3.08. The molecule has 5 nitrogen and oxygen atoms in total. The summed E-state index contributed by atoms with van der Waals surface area (Å²) in [4.78, 5) is 39.9. The van der Waals surface area contributed by atoms with Crippen LogP contribution in [0.25, 0.3) is 0 Å². The first-order valence-electron chi connectivity index (χ1n) is 8.59. The fraction of sp³-hybridized carbons (Fsp3) is 0.143. The molecule has 1 aliphatic carbocycles. The molecule has 0 bridgehead atoms. The summed E-state index contributed by atoms with van der Waals surface area (Å²) in [6, 6.07) is 13.1. The third kappa shape index (κ3) is 4.66. The number of ketones is 2. The SMILES string of the molecule is O=C1Cc2ccccc2C(c2cccc(C(F)(F)F)c2)C1=O.O=c1nccc[nH]1. The highest BCUT2D eigenvalue weighted by Gasteiger charge is 2.36. The Kier molecular flexibility index (Phi) is 5.72. The number of carbonyl (C=O) groups excluding carboxylic acids is 2. The summed E-state index contributed by atoms with van der Waals surface area (Å²) in [6.07, 6.45) is -1.50. The lowest BCUT2D eigenvalue weighted by Crippen LogP contribution is -2.30. The van der Waals surface area contributed by atoms with Crippen LogP contribution in [0.5, 0.6) is 0 Å². The minimum Gasteiger partial charge on any atom is -0.313 e. The number of Topliss-reactive ketones (excluding diaryl/α,β-unsaturated/α-hetero) is 2. The number of fused-ring (bicyclic) bond motifs is 1. The number of hydrogen-bond donors (Lipinski definition) is 1. The first-order valence-corrected chi connectivity index (χ1v) is 8.59. The van der Waals surface area contributed by atoms with Crippen molar-refractivity contribution in [1.82, 2.24) is 9.97 Å². The average molecular weight is 400 g/mol. The second-order valence-electron chi connectivity index (χ2n) is 6.31. The molecule has 29 heavy (non-hydrogen) atoms. The number of nitrogens with zero attached hydrogens (tertiary/aromatic N) is 1. The fourth-order valence-corrected chi connectivity index (χ4v) is 3.08. The first-order chi connectivity index (χ1) is 13.8. The summed E-state index contributed by atoms with van der Waals surface area (Å²) >= 11 is 0. The molecule has 0 aliphatic heterocycles. The van der Waals surface area contributed by atoms with Gasteiger partial charge in [0.2, 0.25) is 11.6 Å². The second kappa shape index (κ2) is 8.22. The number of hydrogen-bond acceptors (Lipinski definition) is 4. The topological polar surface area (TPSA) is 79.9 Å². The Labute approximate surface area is 163 Å². The van der Waals surface area contributed by atoms with Crippen molar-refractivity contribution in [2.45, 2.75) is 18.5 Å². The maximum atomic E-state index is 12.9. The van der Waals surface area contributed by atoms with Crippen molar-refractivity contribution < 1.29 is 22.8 Å². The lowest BCUT2D eigenvalue weighted by atomic mass is 9.77. The van der Waals surface area contributed by atoms with Crippen LogP contribution in [-0.4, -0.2) is 21.5 Å². The molecule has 1 atom stereocenters. The summed E-state index contributed by atoms with van der Waals surface area (Å²) in [5.74, 6) is -2.18. The number of aromatic amines is 1. The highest BCUT2D eigenvalue weighted by molar-refractivity contribution is 6.41. The van der Waals surface area contributed by atoms with Gasteiger partial charge in [0, 0.05) is 18.8 Å². The van der Waals surface area contributed by atoms with Gasteiger partial charge in [-0.2, -0.15) is 13.2 Å². The molecule has 1 aromatic heterocycles. The van der Waals surface area contributed by atoms with E-state index in [-0.39, 0.29) is 17.7 Å². The van der Waals surface area contributed by atoms with Crippen molar-refractivity contribution in [2.24, 2.45) is 0 Å². The summed E-state index contributed by atoms with van der Waals surface area (Å²) in [5, 5.41) is 0. The minimum absolute atomic E-state index is 0.00443. The van der Waals surface area contributed by atoms with E-state index >= 15 is 0 Å². The Morgan fingerprint density at radius 3 is 2.34 bits per heavy atom. The monoisotopic (exact) mass is 400 g/mol. The molecular weight excluding hydrogens is 385 g/mol. The molecule has 1 unspecified atom stereocenters. The zero-order valence-electron chi connectivity index (χ0n) is 14.9. The number of alkyl halides is 3. The maximum absolute atomic E-state index is 12.9. The molecule has 0 saturated carbocycles. The smallest absolute Gasteiger partial charge is 0.313 e. The van der Waals surface area contributed by atoms with Gasteiger partial charge < -0.3 is 4.98 Å². The number of benzene rings is 2. The Hall–Kier alpha value is -3.55. The van der Waals surface area contributed by atoms with Gasteiger partial charge in [0.1, 0.15) is 0 Å². The van der Waals surface area contributed by atoms with Gasteiger partial charge in [-0.15, -0.1) is 0 Å². The van der Waals surface area contributed by atoms with E-state index in [4.69, 9.17) is 0 Å². The number of rotatable bonds is 1. The van der Waals surface area contributed by atoms with Crippen LogP contribution in [0.2, 0.25) is 0 Å². The molecule has 4 rings (SSSR count). The Balaban J connectivity index is 0.000000290. The van der Waals surface area contributed by atoms with E-state index in [1.165, 1.54) is 24.5 Å². The van der Waals surface area contributed by atoms with Crippen molar-refractivity contribution in [3.63, 3.8) is 0 Å². The van der Waals surface area contributed by atoms with Crippen molar-refractivity contribution in [2.75, 3.05) is 0 Å². The summed E-state index contributed by atoms with van der Waals surface area (Å²) in [5.41, 5.74) is 0.358. The van der Waals surface area contributed by atoms with Gasteiger partial charge >= 0.3 is 11.9 Å². The van der Waals surface area contributed by atoms with Crippen molar-refractivity contribution >= 4 is 11.6 Å². The van der Waals surface area contributed by atoms with E-state index < -0.39 is 29.2 Å². The van der Waals surface area contributed by atoms with Crippen molar-refractivity contribution in [3.8, 4) is 0 Å². The molecule has 1 N–H and O–H groups in total. The Bertz CT molecular complexity index is 1090. The molecule has 148 valence electrons. The van der Waals surface area contributed by atoms with E-state index in [9.17, 15) is 27.6 Å². The third-order valence-corrected chi connectivity index (χ3v) is 4.38. The van der Waals surface area contributed by atoms with Crippen LogP contribution in [-0.2, 0) is 22.2 Å². The second-order valence-corrected chi connectivity index (χ2v) is 6.31. The largest absolute Gasteiger partial charge is 0.416 e.